The van der Waals surface area contributed by atoms with Crippen molar-refractivity contribution in [2.45, 2.75) is 19.6 Å². The predicted octanol–water partition coefficient (Wildman–Crippen LogP) is 2.51. The zero-order valence-corrected chi connectivity index (χ0v) is 11.5. The van der Waals surface area contributed by atoms with Crippen molar-refractivity contribution in [2.75, 3.05) is 26.2 Å². The molecule has 0 aliphatic carbocycles. The number of halogens is 3. The monoisotopic (exact) mass is 292 g/mol. The van der Waals surface area contributed by atoms with Crippen LogP contribution in [0.15, 0.2) is 24.3 Å². The van der Waals surface area contributed by atoms with E-state index in [2.05, 4.69) is 15.0 Å². The maximum Gasteiger partial charge on any atom is 0.387 e. The number of rotatable bonds is 4. The molecule has 3 nitrogen and oxygen atoms in total. The summed E-state index contributed by atoms with van der Waals surface area (Å²) >= 11 is 0. The number of ether oxygens (including phenoxy) is 1. The lowest BCUT2D eigenvalue weighted by Crippen LogP contribution is -2.27. The minimum absolute atomic E-state index is 0. The predicted molar refractivity (Wildman–Crippen MR) is 73.1 cm³/mol. The van der Waals surface area contributed by atoms with Gasteiger partial charge in [-0.1, -0.05) is 12.1 Å². The van der Waals surface area contributed by atoms with E-state index in [1.807, 2.05) is 12.1 Å². The van der Waals surface area contributed by atoms with Crippen molar-refractivity contribution in [3.8, 4) is 5.75 Å². The lowest BCUT2D eigenvalue weighted by molar-refractivity contribution is -0.0498. The van der Waals surface area contributed by atoms with Gasteiger partial charge < -0.3 is 10.1 Å². The van der Waals surface area contributed by atoms with Crippen molar-refractivity contribution in [1.29, 1.82) is 0 Å². The molecule has 0 saturated carbocycles. The van der Waals surface area contributed by atoms with Gasteiger partial charge in [0.05, 0.1) is 0 Å². The van der Waals surface area contributed by atoms with Gasteiger partial charge in [-0.25, -0.2) is 0 Å². The van der Waals surface area contributed by atoms with Crippen molar-refractivity contribution in [2.24, 2.45) is 0 Å². The molecule has 0 atom stereocenters. The zero-order valence-electron chi connectivity index (χ0n) is 10.6. The highest BCUT2D eigenvalue weighted by molar-refractivity contribution is 5.85. The number of nitrogens with zero attached hydrogens (tertiary/aromatic N) is 1. The molecule has 1 aliphatic rings. The van der Waals surface area contributed by atoms with Crippen molar-refractivity contribution in [3.05, 3.63) is 29.8 Å². The topological polar surface area (TPSA) is 24.5 Å². The molecule has 1 aromatic rings. The number of benzene rings is 1. The molecule has 1 fully saturated rings. The Labute approximate surface area is 118 Å². The van der Waals surface area contributed by atoms with E-state index in [1.54, 1.807) is 12.1 Å². The summed E-state index contributed by atoms with van der Waals surface area (Å²) in [6.07, 6.45) is 1.15. The van der Waals surface area contributed by atoms with Crippen LogP contribution in [0.5, 0.6) is 5.75 Å². The van der Waals surface area contributed by atoms with E-state index < -0.39 is 6.61 Å². The number of alkyl halides is 2. The summed E-state index contributed by atoms with van der Waals surface area (Å²) in [7, 11) is 0. The molecule has 0 radical (unpaired) electrons. The lowest BCUT2D eigenvalue weighted by atomic mass is 10.2. The first-order valence-electron chi connectivity index (χ1n) is 6.21. The molecular weight excluding hydrogens is 274 g/mol. The Morgan fingerprint density at radius 3 is 2.58 bits per heavy atom. The van der Waals surface area contributed by atoms with Crippen LogP contribution < -0.4 is 10.1 Å². The summed E-state index contributed by atoms with van der Waals surface area (Å²) in [4.78, 5) is 2.36. The molecule has 1 aromatic carbocycles. The summed E-state index contributed by atoms with van der Waals surface area (Å²) in [5, 5.41) is 3.35. The molecule has 108 valence electrons. The minimum atomic E-state index is -2.76. The van der Waals surface area contributed by atoms with Gasteiger partial charge >= 0.3 is 6.61 Å². The highest BCUT2D eigenvalue weighted by atomic mass is 35.5. The molecule has 0 unspecified atom stereocenters. The third-order valence-electron chi connectivity index (χ3n) is 2.99. The standard InChI is InChI=1S/C13H18F2N2O.ClH/c14-13(15)18-12-4-2-11(3-5-12)10-17-8-1-6-16-7-9-17;/h2-5,13,16H,1,6-10H2;1H. The second-order valence-corrected chi connectivity index (χ2v) is 4.40. The first-order valence-corrected chi connectivity index (χ1v) is 6.21. The second-order valence-electron chi connectivity index (χ2n) is 4.40. The average molecular weight is 293 g/mol. The normalized spacial score (nSPS) is 16.8. The van der Waals surface area contributed by atoms with Crippen molar-refractivity contribution in [3.63, 3.8) is 0 Å². The highest BCUT2D eigenvalue weighted by Gasteiger charge is 2.09. The first kappa shape index (κ1) is 16.1. The third kappa shape index (κ3) is 5.72. The fourth-order valence-electron chi connectivity index (χ4n) is 2.09. The summed E-state index contributed by atoms with van der Waals surface area (Å²) in [5.41, 5.74) is 1.12. The Bertz CT molecular complexity index is 354. The fraction of sp³-hybridized carbons (Fsp3) is 0.538. The Kier molecular flexibility index (Phi) is 7.05. The molecule has 2 rings (SSSR count). The van der Waals surface area contributed by atoms with Crippen LogP contribution in [0.4, 0.5) is 8.78 Å². The van der Waals surface area contributed by atoms with Crippen LogP contribution in [0.1, 0.15) is 12.0 Å². The lowest BCUT2D eigenvalue weighted by Gasteiger charge is -2.19. The first-order chi connectivity index (χ1) is 8.74. The van der Waals surface area contributed by atoms with Crippen LogP contribution in [0.2, 0.25) is 0 Å². The van der Waals surface area contributed by atoms with Crippen molar-refractivity contribution in [1.82, 2.24) is 10.2 Å². The molecule has 0 bridgehead atoms. The zero-order chi connectivity index (χ0) is 12.8. The number of nitrogens with one attached hydrogen (secondary N) is 1. The van der Waals surface area contributed by atoms with Gasteiger partial charge in [-0.15, -0.1) is 12.4 Å². The summed E-state index contributed by atoms with van der Waals surface area (Å²) in [6, 6.07) is 6.88. The Morgan fingerprint density at radius 1 is 1.16 bits per heavy atom. The summed E-state index contributed by atoms with van der Waals surface area (Å²) in [6.45, 7) is 2.27. The van der Waals surface area contributed by atoms with E-state index in [9.17, 15) is 8.78 Å². The van der Waals surface area contributed by atoms with Crippen LogP contribution in [0.25, 0.3) is 0 Å². The SMILES string of the molecule is Cl.FC(F)Oc1ccc(CN2CCCNCC2)cc1. The van der Waals surface area contributed by atoms with E-state index in [-0.39, 0.29) is 18.2 Å². The average Bonchev–Trinajstić information content (AvgIpc) is 2.60. The molecule has 1 heterocycles. The van der Waals surface area contributed by atoms with Crippen LogP contribution in [-0.4, -0.2) is 37.7 Å². The maximum atomic E-state index is 12.0. The molecule has 0 aromatic heterocycles. The molecular formula is C13H19ClF2N2O. The number of hydrogen-bond acceptors (Lipinski definition) is 3. The smallest absolute Gasteiger partial charge is 0.387 e. The van der Waals surface area contributed by atoms with Gasteiger partial charge in [-0.05, 0) is 37.2 Å². The molecule has 1 saturated heterocycles. The van der Waals surface area contributed by atoms with Gasteiger partial charge in [-0.3, -0.25) is 4.90 Å². The van der Waals surface area contributed by atoms with Crippen LogP contribution in [-0.2, 0) is 6.54 Å². The Hall–Kier alpha value is -0.910. The van der Waals surface area contributed by atoms with Crippen LogP contribution in [0, 0.1) is 0 Å². The summed E-state index contributed by atoms with van der Waals surface area (Å²) in [5.74, 6) is 0.214. The van der Waals surface area contributed by atoms with Gasteiger partial charge in [0.15, 0.2) is 0 Å². The van der Waals surface area contributed by atoms with Gasteiger partial charge in [0, 0.05) is 19.6 Å². The van der Waals surface area contributed by atoms with Crippen LogP contribution in [0.3, 0.4) is 0 Å². The van der Waals surface area contributed by atoms with Gasteiger partial charge in [0.1, 0.15) is 5.75 Å². The second kappa shape index (κ2) is 8.30. The molecule has 1 N–H and O–H groups in total. The van der Waals surface area contributed by atoms with E-state index in [4.69, 9.17) is 0 Å². The van der Waals surface area contributed by atoms with Gasteiger partial charge in [0.2, 0.25) is 0 Å². The molecule has 1 aliphatic heterocycles. The van der Waals surface area contributed by atoms with Crippen LogP contribution >= 0.6 is 12.4 Å². The van der Waals surface area contributed by atoms with E-state index in [1.165, 1.54) is 0 Å². The molecule has 6 heteroatoms. The molecule has 0 spiro atoms. The van der Waals surface area contributed by atoms with Crippen molar-refractivity contribution < 1.29 is 13.5 Å². The maximum absolute atomic E-state index is 12.0. The highest BCUT2D eigenvalue weighted by Crippen LogP contribution is 2.16. The summed E-state index contributed by atoms with van der Waals surface area (Å²) < 4.78 is 28.3. The molecule has 0 amide bonds. The quantitative estimate of drug-likeness (QED) is 0.923. The third-order valence-corrected chi connectivity index (χ3v) is 2.99. The van der Waals surface area contributed by atoms with Gasteiger partial charge in [-0.2, -0.15) is 8.78 Å². The van der Waals surface area contributed by atoms with Gasteiger partial charge in [0.25, 0.3) is 0 Å². The largest absolute Gasteiger partial charge is 0.435 e. The molecule has 19 heavy (non-hydrogen) atoms. The van der Waals surface area contributed by atoms with E-state index in [0.29, 0.717) is 0 Å². The van der Waals surface area contributed by atoms with E-state index >= 15 is 0 Å². The number of hydrogen-bond donors (Lipinski definition) is 1. The minimum Gasteiger partial charge on any atom is -0.435 e. The van der Waals surface area contributed by atoms with Crippen molar-refractivity contribution >= 4 is 12.4 Å². The fourth-order valence-corrected chi connectivity index (χ4v) is 2.09. The van der Waals surface area contributed by atoms with E-state index in [0.717, 1.165) is 44.7 Å². The Morgan fingerprint density at radius 2 is 1.89 bits per heavy atom. The Balaban J connectivity index is 0.00000180.